The first-order valence-electron chi connectivity index (χ1n) is 5.12. The van der Waals surface area contributed by atoms with Crippen LogP contribution in [0.4, 0.5) is 0 Å². The molecule has 0 bridgehead atoms. The predicted octanol–water partition coefficient (Wildman–Crippen LogP) is 0.111. The molecule has 0 unspecified atom stereocenters. The summed E-state index contributed by atoms with van der Waals surface area (Å²) in [6.45, 7) is 2.04. The fourth-order valence-corrected chi connectivity index (χ4v) is 1.72. The van der Waals surface area contributed by atoms with Gasteiger partial charge in [-0.2, -0.15) is 0 Å². The number of nitrogens with zero attached hydrogens (tertiary/aromatic N) is 1. The van der Waals surface area contributed by atoms with Crippen molar-refractivity contribution in [1.29, 1.82) is 0 Å². The van der Waals surface area contributed by atoms with Gasteiger partial charge in [-0.3, -0.25) is 4.98 Å². The van der Waals surface area contributed by atoms with Crippen molar-refractivity contribution in [3.05, 3.63) is 30.1 Å². The minimum absolute atomic E-state index is 0.474. The van der Waals surface area contributed by atoms with Gasteiger partial charge < -0.3 is 5.32 Å². The number of hydrogen-bond acceptors (Lipinski definition) is 4. The van der Waals surface area contributed by atoms with Crippen LogP contribution in [0.3, 0.4) is 0 Å². The molecule has 0 atom stereocenters. The normalized spacial score (nSPS) is 11.6. The molecule has 16 heavy (non-hydrogen) atoms. The summed E-state index contributed by atoms with van der Waals surface area (Å²) in [5.74, 6) is 0. The molecule has 0 aliphatic rings. The highest BCUT2D eigenvalue weighted by Crippen LogP contribution is 1.94. The van der Waals surface area contributed by atoms with Crippen molar-refractivity contribution in [1.82, 2.24) is 15.0 Å². The molecule has 2 N–H and O–H groups in total. The molecular weight excluding hydrogens is 226 g/mol. The van der Waals surface area contributed by atoms with Crippen LogP contribution < -0.4 is 10.0 Å². The Kier molecular flexibility index (Phi) is 5.37. The molecule has 90 valence electrons. The third-order valence-electron chi connectivity index (χ3n) is 1.97. The van der Waals surface area contributed by atoms with Crippen LogP contribution in [0.25, 0.3) is 0 Å². The van der Waals surface area contributed by atoms with Crippen LogP contribution in [0.1, 0.15) is 12.0 Å². The molecule has 0 aliphatic heterocycles. The van der Waals surface area contributed by atoms with Crippen molar-refractivity contribution in [2.75, 3.05) is 19.3 Å². The van der Waals surface area contributed by atoms with Crippen molar-refractivity contribution in [3.63, 3.8) is 0 Å². The van der Waals surface area contributed by atoms with Crippen LogP contribution in [0, 0.1) is 0 Å². The average Bonchev–Trinajstić information content (AvgIpc) is 2.23. The maximum atomic E-state index is 10.7. The number of pyridine rings is 1. The maximum absolute atomic E-state index is 10.7. The average molecular weight is 243 g/mol. The Morgan fingerprint density at radius 3 is 2.56 bits per heavy atom. The largest absolute Gasteiger partial charge is 0.313 e. The summed E-state index contributed by atoms with van der Waals surface area (Å²) in [6, 6.07) is 3.89. The van der Waals surface area contributed by atoms with E-state index in [0.717, 1.165) is 25.8 Å². The summed E-state index contributed by atoms with van der Waals surface area (Å²) in [5, 5.41) is 3.23. The molecule has 0 aromatic carbocycles. The lowest BCUT2D eigenvalue weighted by Gasteiger charge is -2.05. The molecule has 1 heterocycles. The summed E-state index contributed by atoms with van der Waals surface area (Å²) in [4.78, 5) is 3.93. The quantitative estimate of drug-likeness (QED) is 0.667. The number of aromatic nitrogens is 1. The Morgan fingerprint density at radius 2 is 1.94 bits per heavy atom. The van der Waals surface area contributed by atoms with E-state index in [1.54, 1.807) is 12.4 Å². The topological polar surface area (TPSA) is 71.1 Å². The van der Waals surface area contributed by atoms with Gasteiger partial charge in [-0.15, -0.1) is 0 Å². The van der Waals surface area contributed by atoms with Crippen molar-refractivity contribution in [2.45, 2.75) is 13.0 Å². The molecule has 0 saturated carbocycles. The highest BCUT2D eigenvalue weighted by Gasteiger charge is 1.98. The predicted molar refractivity (Wildman–Crippen MR) is 63.4 cm³/mol. The fourth-order valence-electron chi connectivity index (χ4n) is 1.20. The molecule has 0 fully saturated rings. The Hall–Kier alpha value is -0.980. The van der Waals surface area contributed by atoms with Gasteiger partial charge in [-0.25, -0.2) is 13.1 Å². The van der Waals surface area contributed by atoms with E-state index in [2.05, 4.69) is 15.0 Å². The van der Waals surface area contributed by atoms with E-state index in [9.17, 15) is 8.42 Å². The second kappa shape index (κ2) is 6.57. The highest BCUT2D eigenvalue weighted by molar-refractivity contribution is 7.88. The van der Waals surface area contributed by atoms with Crippen LogP contribution in [0.5, 0.6) is 0 Å². The van der Waals surface area contributed by atoms with Gasteiger partial charge in [0.1, 0.15) is 0 Å². The minimum Gasteiger partial charge on any atom is -0.313 e. The Morgan fingerprint density at radius 1 is 1.25 bits per heavy atom. The fraction of sp³-hybridized carbons (Fsp3) is 0.500. The molecule has 1 aromatic rings. The van der Waals surface area contributed by atoms with Crippen molar-refractivity contribution >= 4 is 10.0 Å². The van der Waals surface area contributed by atoms with Crippen LogP contribution in [-0.4, -0.2) is 32.7 Å². The second-order valence-electron chi connectivity index (χ2n) is 3.55. The van der Waals surface area contributed by atoms with E-state index < -0.39 is 10.0 Å². The molecule has 1 rings (SSSR count). The van der Waals surface area contributed by atoms with Crippen molar-refractivity contribution in [3.8, 4) is 0 Å². The van der Waals surface area contributed by atoms with Gasteiger partial charge in [-0.1, -0.05) is 0 Å². The second-order valence-corrected chi connectivity index (χ2v) is 5.39. The van der Waals surface area contributed by atoms with Gasteiger partial charge >= 0.3 is 0 Å². The van der Waals surface area contributed by atoms with E-state index in [-0.39, 0.29) is 0 Å². The van der Waals surface area contributed by atoms with E-state index in [1.165, 1.54) is 5.56 Å². The van der Waals surface area contributed by atoms with E-state index in [1.807, 2.05) is 12.1 Å². The van der Waals surface area contributed by atoms with Crippen LogP contribution in [0.2, 0.25) is 0 Å². The summed E-state index contributed by atoms with van der Waals surface area (Å²) < 4.78 is 23.9. The molecule has 1 aromatic heterocycles. The van der Waals surface area contributed by atoms with Crippen molar-refractivity contribution < 1.29 is 8.42 Å². The molecule has 0 amide bonds. The Labute approximate surface area is 96.3 Å². The molecule has 5 nitrogen and oxygen atoms in total. The molecule has 0 radical (unpaired) electrons. The summed E-state index contributed by atoms with van der Waals surface area (Å²) >= 11 is 0. The van der Waals surface area contributed by atoms with E-state index in [0.29, 0.717) is 6.54 Å². The van der Waals surface area contributed by atoms with Gasteiger partial charge in [0.05, 0.1) is 6.26 Å². The van der Waals surface area contributed by atoms with Crippen LogP contribution in [0.15, 0.2) is 24.5 Å². The highest BCUT2D eigenvalue weighted by atomic mass is 32.2. The van der Waals surface area contributed by atoms with E-state index in [4.69, 9.17) is 0 Å². The lowest BCUT2D eigenvalue weighted by Crippen LogP contribution is -2.26. The number of sulfonamides is 1. The first-order chi connectivity index (χ1) is 7.58. The smallest absolute Gasteiger partial charge is 0.208 e. The summed E-state index contributed by atoms with van der Waals surface area (Å²) in [7, 11) is -3.05. The Balaban J connectivity index is 2.05. The first-order valence-corrected chi connectivity index (χ1v) is 7.01. The zero-order valence-corrected chi connectivity index (χ0v) is 10.1. The summed E-state index contributed by atoms with van der Waals surface area (Å²) in [5.41, 5.74) is 1.17. The van der Waals surface area contributed by atoms with Gasteiger partial charge in [0.15, 0.2) is 0 Å². The maximum Gasteiger partial charge on any atom is 0.208 e. The van der Waals surface area contributed by atoms with Gasteiger partial charge in [0.2, 0.25) is 10.0 Å². The minimum atomic E-state index is -3.05. The third kappa shape index (κ3) is 6.49. The zero-order valence-electron chi connectivity index (χ0n) is 9.31. The molecule has 0 saturated heterocycles. The number of nitrogens with one attached hydrogen (secondary N) is 2. The van der Waals surface area contributed by atoms with Gasteiger partial charge in [0, 0.05) is 25.5 Å². The van der Waals surface area contributed by atoms with Crippen LogP contribution >= 0.6 is 0 Å². The SMILES string of the molecule is CS(=O)(=O)NCCCNCc1ccncc1. The van der Waals surface area contributed by atoms with Crippen LogP contribution in [-0.2, 0) is 16.6 Å². The number of rotatable bonds is 7. The lowest BCUT2D eigenvalue weighted by atomic mass is 10.2. The lowest BCUT2D eigenvalue weighted by molar-refractivity contribution is 0.579. The van der Waals surface area contributed by atoms with Gasteiger partial charge in [-0.05, 0) is 30.7 Å². The molecular formula is C10H17N3O2S. The van der Waals surface area contributed by atoms with Gasteiger partial charge in [0.25, 0.3) is 0 Å². The molecule has 0 aliphatic carbocycles. The standard InChI is InChI=1S/C10H17N3O2S/c1-16(14,15)13-6-2-5-12-9-10-3-7-11-8-4-10/h3-4,7-8,12-13H,2,5-6,9H2,1H3. The monoisotopic (exact) mass is 243 g/mol. The number of hydrogen-bond donors (Lipinski definition) is 2. The molecule has 0 spiro atoms. The summed E-state index contributed by atoms with van der Waals surface area (Å²) in [6.07, 6.45) is 5.44. The van der Waals surface area contributed by atoms with Crippen molar-refractivity contribution in [2.24, 2.45) is 0 Å². The third-order valence-corrected chi connectivity index (χ3v) is 2.70. The zero-order chi connectivity index (χ0) is 11.9. The van der Waals surface area contributed by atoms with E-state index >= 15 is 0 Å². The molecule has 6 heteroatoms. The first kappa shape index (κ1) is 13.1. The Bertz CT molecular complexity index is 392.